The van der Waals surface area contributed by atoms with E-state index >= 15 is 0 Å². The molecule has 0 aromatic carbocycles. The van der Waals surface area contributed by atoms with E-state index in [9.17, 15) is 24.4 Å². The lowest BCUT2D eigenvalue weighted by molar-refractivity contribution is -0.0584. The third-order valence-electron chi connectivity index (χ3n) is 7.90. The quantitative estimate of drug-likeness (QED) is 0.184. The first-order valence-electron chi connectivity index (χ1n) is 16.5. The summed E-state index contributed by atoms with van der Waals surface area (Å²) in [5.74, 6) is 0.559. The highest BCUT2D eigenvalue weighted by molar-refractivity contribution is 5.99. The first kappa shape index (κ1) is 36.8. The standard InChI is InChI=1S/C32H51N7O9/c1-30(2,3)45-26(40)33-25(34-27(41)46-31(4,5)6)36-15-12-20(13-16-36)37(29(43)47-32(7,8)9)17-14-22-18-23(35-48-22)24-11-10-21-19-38(24)28(42)39(21)44/h18,20-21,24,44H,10-17,19H2,1-9H3,(H,33,34,40,41)/t21?,24-/m0/s1. The van der Waals surface area contributed by atoms with Crippen molar-refractivity contribution in [2.24, 2.45) is 4.99 Å². The molecule has 3 saturated heterocycles. The van der Waals surface area contributed by atoms with Gasteiger partial charge in [0.25, 0.3) is 0 Å². The van der Waals surface area contributed by atoms with Crippen molar-refractivity contribution in [3.63, 3.8) is 0 Å². The van der Waals surface area contributed by atoms with E-state index < -0.39 is 41.1 Å². The van der Waals surface area contributed by atoms with Crippen molar-refractivity contribution < 1.29 is 43.1 Å². The highest BCUT2D eigenvalue weighted by Gasteiger charge is 2.45. The molecule has 5 amide bonds. The van der Waals surface area contributed by atoms with Crippen LogP contribution in [-0.2, 0) is 20.6 Å². The van der Waals surface area contributed by atoms with Crippen LogP contribution in [0.4, 0.5) is 19.2 Å². The second-order valence-electron chi connectivity index (χ2n) is 15.4. The Morgan fingerprint density at radius 1 is 0.979 bits per heavy atom. The van der Waals surface area contributed by atoms with Crippen molar-refractivity contribution in [2.75, 3.05) is 26.2 Å². The van der Waals surface area contributed by atoms with Gasteiger partial charge in [0.15, 0.2) is 0 Å². The van der Waals surface area contributed by atoms with Crippen molar-refractivity contribution >= 4 is 30.3 Å². The number of amides is 5. The summed E-state index contributed by atoms with van der Waals surface area (Å²) in [5, 5.41) is 17.7. The molecule has 3 fully saturated rings. The van der Waals surface area contributed by atoms with Crippen molar-refractivity contribution in [3.05, 3.63) is 17.5 Å². The number of likely N-dealkylation sites (tertiary alicyclic amines) is 1. The Hall–Kier alpha value is -4.08. The molecule has 268 valence electrons. The molecule has 2 bridgehead atoms. The van der Waals surface area contributed by atoms with Gasteiger partial charge < -0.3 is 33.4 Å². The van der Waals surface area contributed by atoms with Crippen LogP contribution in [0, 0.1) is 0 Å². The summed E-state index contributed by atoms with van der Waals surface area (Å²) in [6, 6.07) is 0.642. The van der Waals surface area contributed by atoms with Crippen molar-refractivity contribution in [1.29, 1.82) is 0 Å². The summed E-state index contributed by atoms with van der Waals surface area (Å²) in [5.41, 5.74) is -1.66. The number of nitrogens with zero attached hydrogens (tertiary/aromatic N) is 6. The van der Waals surface area contributed by atoms with Crippen LogP contribution in [0.15, 0.2) is 15.6 Å². The van der Waals surface area contributed by atoms with E-state index in [0.29, 0.717) is 63.2 Å². The highest BCUT2D eigenvalue weighted by atomic mass is 16.6. The molecule has 0 spiro atoms. The van der Waals surface area contributed by atoms with Gasteiger partial charge in [0.05, 0.1) is 12.1 Å². The number of carbonyl (C=O) groups is 4. The van der Waals surface area contributed by atoms with Gasteiger partial charge in [0.1, 0.15) is 28.3 Å². The zero-order valence-corrected chi connectivity index (χ0v) is 29.6. The van der Waals surface area contributed by atoms with E-state index in [1.165, 1.54) is 0 Å². The molecule has 0 radical (unpaired) electrons. The minimum atomic E-state index is -0.853. The fourth-order valence-electron chi connectivity index (χ4n) is 5.87. The maximum absolute atomic E-state index is 13.5. The molecule has 48 heavy (non-hydrogen) atoms. The summed E-state index contributed by atoms with van der Waals surface area (Å²) < 4.78 is 22.1. The fraction of sp³-hybridized carbons (Fsp3) is 0.750. The maximum atomic E-state index is 13.5. The van der Waals surface area contributed by atoms with Gasteiger partial charge in [-0.1, -0.05) is 5.16 Å². The number of alkyl carbamates (subject to hydrolysis) is 1. The van der Waals surface area contributed by atoms with Crippen LogP contribution in [0.5, 0.6) is 0 Å². The van der Waals surface area contributed by atoms with Crippen LogP contribution in [0.1, 0.15) is 105 Å². The minimum absolute atomic E-state index is 0.00444. The van der Waals surface area contributed by atoms with Gasteiger partial charge in [0.2, 0.25) is 5.96 Å². The number of guanidine groups is 1. The number of urea groups is 1. The Labute approximate surface area is 281 Å². The normalized spacial score (nSPS) is 20.9. The molecule has 1 aromatic rings. The predicted molar refractivity (Wildman–Crippen MR) is 172 cm³/mol. The first-order valence-corrected chi connectivity index (χ1v) is 16.5. The Balaban J connectivity index is 1.45. The molecule has 2 N–H and O–H groups in total. The van der Waals surface area contributed by atoms with Crippen LogP contribution < -0.4 is 5.32 Å². The largest absolute Gasteiger partial charge is 0.444 e. The van der Waals surface area contributed by atoms with Gasteiger partial charge >= 0.3 is 24.3 Å². The topological polar surface area (TPSA) is 180 Å². The van der Waals surface area contributed by atoms with Crippen LogP contribution in [0.3, 0.4) is 0 Å². The number of aromatic nitrogens is 1. The molecule has 3 aliphatic rings. The smallest absolute Gasteiger partial charge is 0.437 e. The van der Waals surface area contributed by atoms with Gasteiger partial charge in [-0.3, -0.25) is 10.5 Å². The summed E-state index contributed by atoms with van der Waals surface area (Å²) in [4.78, 5) is 60.3. The van der Waals surface area contributed by atoms with E-state index in [1.54, 1.807) is 83.1 Å². The molecule has 4 rings (SSSR count). The molecular formula is C32H51N7O9. The van der Waals surface area contributed by atoms with Gasteiger partial charge in [-0.05, 0) is 88.0 Å². The molecule has 2 atom stereocenters. The van der Waals surface area contributed by atoms with E-state index in [0.717, 1.165) is 5.06 Å². The zero-order chi connectivity index (χ0) is 35.6. The number of hydroxylamine groups is 2. The zero-order valence-electron chi connectivity index (χ0n) is 29.6. The lowest BCUT2D eigenvalue weighted by Crippen LogP contribution is -2.54. The Bertz CT molecular complexity index is 1370. The molecule has 3 aliphatic heterocycles. The second kappa shape index (κ2) is 14.2. The van der Waals surface area contributed by atoms with Crippen molar-refractivity contribution in [2.45, 2.75) is 129 Å². The minimum Gasteiger partial charge on any atom is -0.444 e. The third kappa shape index (κ3) is 9.97. The van der Waals surface area contributed by atoms with E-state index in [-0.39, 0.29) is 30.6 Å². The Morgan fingerprint density at radius 2 is 1.60 bits per heavy atom. The number of fused-ring (bicyclic) bond motifs is 2. The average Bonchev–Trinajstić information content (AvgIpc) is 3.49. The summed E-state index contributed by atoms with van der Waals surface area (Å²) in [6.45, 7) is 17.2. The molecular weight excluding hydrogens is 626 g/mol. The van der Waals surface area contributed by atoms with Crippen LogP contribution in [0.2, 0.25) is 0 Å². The van der Waals surface area contributed by atoms with Gasteiger partial charge in [-0.25, -0.2) is 24.2 Å². The predicted octanol–water partition coefficient (Wildman–Crippen LogP) is 5.06. The summed E-state index contributed by atoms with van der Waals surface area (Å²) >= 11 is 0. The van der Waals surface area contributed by atoms with E-state index in [2.05, 4.69) is 15.5 Å². The Kier molecular flexibility index (Phi) is 10.9. The van der Waals surface area contributed by atoms with Gasteiger partial charge in [0, 0.05) is 44.7 Å². The monoisotopic (exact) mass is 677 g/mol. The average molecular weight is 678 g/mol. The van der Waals surface area contributed by atoms with Gasteiger partial charge in [-0.2, -0.15) is 0 Å². The molecule has 0 aliphatic carbocycles. The lowest BCUT2D eigenvalue weighted by Gasteiger charge is -2.39. The number of rotatable bonds is 5. The second-order valence-corrected chi connectivity index (χ2v) is 15.4. The first-order chi connectivity index (χ1) is 22.2. The SMILES string of the molecule is CC(C)(C)OC(=O)/N=C(\NC(=O)OC(C)(C)C)N1CCC(N(CCc2cc([C@@H]3CCC4CN3C(=O)N4O)no2)C(=O)OC(C)(C)C)CC1. The van der Waals surface area contributed by atoms with Crippen molar-refractivity contribution in [1.82, 2.24) is 30.2 Å². The number of piperidine rings is 2. The maximum Gasteiger partial charge on any atom is 0.437 e. The van der Waals surface area contributed by atoms with E-state index in [1.807, 2.05) is 0 Å². The number of aliphatic imine (C=N–C) groups is 1. The van der Waals surface area contributed by atoms with Gasteiger partial charge in [-0.15, -0.1) is 4.99 Å². The van der Waals surface area contributed by atoms with Crippen molar-refractivity contribution in [3.8, 4) is 0 Å². The Morgan fingerprint density at radius 3 is 2.21 bits per heavy atom. The molecule has 0 saturated carbocycles. The number of nitrogens with one attached hydrogen (secondary N) is 1. The number of carbonyl (C=O) groups excluding carboxylic acids is 4. The molecule has 16 heteroatoms. The third-order valence-corrected chi connectivity index (χ3v) is 7.90. The van der Waals surface area contributed by atoms with Crippen LogP contribution >= 0.6 is 0 Å². The fourth-order valence-corrected chi connectivity index (χ4v) is 5.87. The van der Waals surface area contributed by atoms with Crippen LogP contribution in [0.25, 0.3) is 0 Å². The number of ether oxygens (including phenoxy) is 3. The molecule has 4 heterocycles. The summed E-state index contributed by atoms with van der Waals surface area (Å²) in [7, 11) is 0. The van der Waals surface area contributed by atoms with E-state index in [4.69, 9.17) is 18.7 Å². The van der Waals surface area contributed by atoms with Crippen LogP contribution in [-0.4, -0.2) is 115 Å². The highest BCUT2D eigenvalue weighted by Crippen LogP contribution is 2.37. The molecule has 1 aromatic heterocycles. The number of hydrogen-bond acceptors (Lipinski definition) is 10. The molecule has 16 nitrogen and oxygen atoms in total. The number of hydrogen-bond donors (Lipinski definition) is 2. The molecule has 1 unspecified atom stereocenters. The lowest BCUT2D eigenvalue weighted by atomic mass is 9.98. The summed E-state index contributed by atoms with van der Waals surface area (Å²) in [6.07, 6.45) is 0.563.